The van der Waals surface area contributed by atoms with Gasteiger partial charge in [0.2, 0.25) is 0 Å². The van der Waals surface area contributed by atoms with Crippen molar-refractivity contribution in [2.24, 2.45) is 0 Å². The topological polar surface area (TPSA) is 98.0 Å². The molecule has 1 aromatic carbocycles. The summed E-state index contributed by atoms with van der Waals surface area (Å²) in [5.41, 5.74) is 6.63. The van der Waals surface area contributed by atoms with Crippen molar-refractivity contribution in [3.05, 3.63) is 42.4 Å². The van der Waals surface area contributed by atoms with E-state index < -0.39 is 10.0 Å². The van der Waals surface area contributed by atoms with E-state index in [9.17, 15) is 8.42 Å². The standard InChI is InChI=1S/C11H12N4O2S/c1-8-9(12)3-2-4-10(8)18(16,17)15-11-7-13-5-6-14-11/h2-7H,12H2,1H3,(H,14,15). The minimum atomic E-state index is -3.70. The number of benzene rings is 1. The zero-order chi connectivity index (χ0) is 13.2. The predicted octanol–water partition coefficient (Wildman–Crippen LogP) is 1.17. The molecule has 0 unspecified atom stereocenters. The van der Waals surface area contributed by atoms with Crippen LogP contribution in [0, 0.1) is 6.92 Å². The predicted molar refractivity (Wildman–Crippen MR) is 68.4 cm³/mol. The molecule has 0 aliphatic carbocycles. The van der Waals surface area contributed by atoms with Crippen molar-refractivity contribution < 1.29 is 8.42 Å². The lowest BCUT2D eigenvalue weighted by molar-refractivity contribution is 0.600. The van der Waals surface area contributed by atoms with Crippen LogP contribution in [0.2, 0.25) is 0 Å². The van der Waals surface area contributed by atoms with Crippen LogP contribution in [-0.4, -0.2) is 18.4 Å². The Kier molecular flexibility index (Phi) is 3.15. The van der Waals surface area contributed by atoms with Crippen molar-refractivity contribution in [2.45, 2.75) is 11.8 Å². The van der Waals surface area contributed by atoms with E-state index in [0.717, 1.165) is 0 Å². The van der Waals surface area contributed by atoms with Crippen molar-refractivity contribution in [2.75, 3.05) is 10.5 Å². The van der Waals surface area contributed by atoms with Crippen LogP contribution in [-0.2, 0) is 10.0 Å². The second kappa shape index (κ2) is 4.61. The van der Waals surface area contributed by atoms with Crippen LogP contribution in [0.25, 0.3) is 0 Å². The van der Waals surface area contributed by atoms with Gasteiger partial charge < -0.3 is 5.73 Å². The molecule has 0 saturated heterocycles. The summed E-state index contributed by atoms with van der Waals surface area (Å²) in [6, 6.07) is 4.73. The molecule has 2 rings (SSSR count). The minimum Gasteiger partial charge on any atom is -0.398 e. The lowest BCUT2D eigenvalue weighted by Gasteiger charge is -2.10. The molecular weight excluding hydrogens is 252 g/mol. The van der Waals surface area contributed by atoms with E-state index in [1.807, 2.05) is 0 Å². The van der Waals surface area contributed by atoms with Crippen LogP contribution >= 0.6 is 0 Å². The Labute approximate surface area is 105 Å². The minimum absolute atomic E-state index is 0.133. The first-order chi connectivity index (χ1) is 8.50. The SMILES string of the molecule is Cc1c(N)cccc1S(=O)(=O)Nc1cnccn1. The molecule has 6 nitrogen and oxygen atoms in total. The van der Waals surface area contributed by atoms with Crippen molar-refractivity contribution in [3.63, 3.8) is 0 Å². The molecule has 0 spiro atoms. The Hall–Kier alpha value is -2.15. The fourth-order valence-electron chi connectivity index (χ4n) is 1.47. The lowest BCUT2D eigenvalue weighted by Crippen LogP contribution is -2.15. The number of nitrogens with two attached hydrogens (primary N) is 1. The first-order valence-electron chi connectivity index (χ1n) is 5.14. The molecule has 0 amide bonds. The fourth-order valence-corrected chi connectivity index (χ4v) is 2.74. The summed E-state index contributed by atoms with van der Waals surface area (Å²) in [5, 5.41) is 0. The maximum absolute atomic E-state index is 12.1. The number of aromatic nitrogens is 2. The van der Waals surface area contributed by atoms with E-state index in [2.05, 4.69) is 14.7 Å². The molecule has 1 heterocycles. The largest absolute Gasteiger partial charge is 0.398 e. The number of nitrogens with zero attached hydrogens (tertiary/aromatic N) is 2. The van der Waals surface area contributed by atoms with Crippen LogP contribution < -0.4 is 10.5 Å². The van der Waals surface area contributed by atoms with Crippen LogP contribution in [0.15, 0.2) is 41.7 Å². The number of nitrogens with one attached hydrogen (secondary N) is 1. The average molecular weight is 264 g/mol. The summed E-state index contributed by atoms with van der Waals surface area (Å²) >= 11 is 0. The number of hydrogen-bond donors (Lipinski definition) is 2. The Morgan fingerprint density at radius 2 is 2.06 bits per heavy atom. The first-order valence-corrected chi connectivity index (χ1v) is 6.63. The molecule has 18 heavy (non-hydrogen) atoms. The normalized spacial score (nSPS) is 11.2. The maximum Gasteiger partial charge on any atom is 0.263 e. The fraction of sp³-hybridized carbons (Fsp3) is 0.0909. The summed E-state index contributed by atoms with van der Waals surface area (Å²) in [6.45, 7) is 1.65. The van der Waals surface area contributed by atoms with Gasteiger partial charge in [-0.3, -0.25) is 9.71 Å². The summed E-state index contributed by atoms with van der Waals surface area (Å²) in [6.07, 6.45) is 4.20. The zero-order valence-electron chi connectivity index (χ0n) is 9.66. The highest BCUT2D eigenvalue weighted by Gasteiger charge is 2.18. The Balaban J connectivity index is 2.41. The third kappa shape index (κ3) is 2.40. The highest BCUT2D eigenvalue weighted by atomic mass is 32.2. The zero-order valence-corrected chi connectivity index (χ0v) is 10.5. The number of rotatable bonds is 3. The quantitative estimate of drug-likeness (QED) is 0.811. The molecule has 2 aromatic rings. The molecule has 0 aliphatic rings. The average Bonchev–Trinajstić information content (AvgIpc) is 2.33. The molecule has 0 radical (unpaired) electrons. The lowest BCUT2D eigenvalue weighted by atomic mass is 10.2. The van der Waals surface area contributed by atoms with Gasteiger partial charge in [0, 0.05) is 18.1 Å². The van der Waals surface area contributed by atoms with Gasteiger partial charge in [-0.15, -0.1) is 0 Å². The van der Waals surface area contributed by atoms with Crippen LogP contribution in [0.4, 0.5) is 11.5 Å². The van der Waals surface area contributed by atoms with Gasteiger partial charge in [-0.2, -0.15) is 0 Å². The van der Waals surface area contributed by atoms with Gasteiger partial charge >= 0.3 is 0 Å². The van der Waals surface area contributed by atoms with Crippen LogP contribution in [0.3, 0.4) is 0 Å². The number of anilines is 2. The van der Waals surface area contributed by atoms with Crippen molar-refractivity contribution >= 4 is 21.5 Å². The van der Waals surface area contributed by atoms with Gasteiger partial charge in [0.1, 0.15) is 0 Å². The number of nitrogen functional groups attached to an aromatic ring is 1. The van der Waals surface area contributed by atoms with E-state index >= 15 is 0 Å². The molecule has 7 heteroatoms. The molecule has 0 aliphatic heterocycles. The van der Waals surface area contributed by atoms with Gasteiger partial charge in [0.05, 0.1) is 11.1 Å². The summed E-state index contributed by atoms with van der Waals surface area (Å²) in [4.78, 5) is 7.78. The highest BCUT2D eigenvalue weighted by molar-refractivity contribution is 7.92. The van der Waals surface area contributed by atoms with Gasteiger partial charge in [-0.05, 0) is 24.6 Å². The monoisotopic (exact) mass is 264 g/mol. The molecule has 0 fully saturated rings. The molecule has 94 valence electrons. The summed E-state index contributed by atoms with van der Waals surface area (Å²) in [5.74, 6) is 0.166. The Bertz CT molecular complexity index is 656. The number of hydrogen-bond acceptors (Lipinski definition) is 5. The Morgan fingerprint density at radius 1 is 1.28 bits per heavy atom. The van der Waals surface area contributed by atoms with Gasteiger partial charge in [0.15, 0.2) is 5.82 Å². The molecule has 1 aromatic heterocycles. The van der Waals surface area contributed by atoms with Crippen molar-refractivity contribution in [3.8, 4) is 0 Å². The summed E-state index contributed by atoms with van der Waals surface area (Å²) in [7, 11) is -3.70. The van der Waals surface area contributed by atoms with E-state index in [1.54, 1.807) is 19.1 Å². The molecule has 3 N–H and O–H groups in total. The molecule has 0 bridgehead atoms. The van der Waals surface area contributed by atoms with Gasteiger partial charge in [-0.1, -0.05) is 6.07 Å². The van der Waals surface area contributed by atoms with Crippen molar-refractivity contribution in [1.82, 2.24) is 9.97 Å². The van der Waals surface area contributed by atoms with E-state index in [4.69, 9.17) is 5.73 Å². The number of sulfonamides is 1. The second-order valence-corrected chi connectivity index (χ2v) is 5.32. The van der Waals surface area contributed by atoms with Gasteiger partial charge in [-0.25, -0.2) is 13.4 Å². The third-order valence-corrected chi connectivity index (χ3v) is 3.92. The summed E-state index contributed by atoms with van der Waals surface area (Å²) < 4.78 is 26.6. The van der Waals surface area contributed by atoms with Gasteiger partial charge in [0.25, 0.3) is 10.0 Å². The van der Waals surface area contributed by atoms with Crippen LogP contribution in [0.5, 0.6) is 0 Å². The van der Waals surface area contributed by atoms with E-state index in [1.165, 1.54) is 24.7 Å². The maximum atomic E-state index is 12.1. The Morgan fingerprint density at radius 3 is 2.72 bits per heavy atom. The smallest absolute Gasteiger partial charge is 0.263 e. The molecule has 0 saturated carbocycles. The van der Waals surface area contributed by atoms with Crippen LogP contribution in [0.1, 0.15) is 5.56 Å². The molecule has 0 atom stereocenters. The third-order valence-electron chi connectivity index (χ3n) is 2.42. The second-order valence-electron chi connectivity index (χ2n) is 3.67. The first kappa shape index (κ1) is 12.3. The highest BCUT2D eigenvalue weighted by Crippen LogP contribution is 2.22. The van der Waals surface area contributed by atoms with Crippen molar-refractivity contribution in [1.29, 1.82) is 0 Å². The molecular formula is C11H12N4O2S. The van der Waals surface area contributed by atoms with E-state index in [0.29, 0.717) is 11.3 Å². The van der Waals surface area contributed by atoms with E-state index in [-0.39, 0.29) is 10.7 Å².